The molecule has 1 aliphatic rings. The molecule has 13 heavy (non-hydrogen) atoms. The van der Waals surface area contributed by atoms with Gasteiger partial charge >= 0.3 is 0 Å². The van der Waals surface area contributed by atoms with Gasteiger partial charge in [-0.2, -0.15) is 0 Å². The Bertz CT molecular complexity index is 317. The maximum absolute atomic E-state index is 3.52. The first kappa shape index (κ1) is 8.76. The highest BCUT2D eigenvalue weighted by atomic mass is 14.9. The quantitative estimate of drug-likeness (QED) is 0.639. The second-order valence-corrected chi connectivity index (χ2v) is 4.11. The minimum atomic E-state index is 0.605. The van der Waals surface area contributed by atoms with Crippen LogP contribution in [0.3, 0.4) is 0 Å². The van der Waals surface area contributed by atoms with Crippen LogP contribution < -0.4 is 5.32 Å². The molecule has 0 aliphatic carbocycles. The van der Waals surface area contributed by atoms with Gasteiger partial charge in [-0.15, -0.1) is 0 Å². The van der Waals surface area contributed by atoms with Gasteiger partial charge in [-0.25, -0.2) is 0 Å². The highest BCUT2D eigenvalue weighted by Crippen LogP contribution is 2.29. The summed E-state index contributed by atoms with van der Waals surface area (Å²) in [4.78, 5) is 0. The van der Waals surface area contributed by atoms with E-state index >= 15 is 0 Å². The lowest BCUT2D eigenvalue weighted by Gasteiger charge is -2.31. The van der Waals surface area contributed by atoms with E-state index in [1.165, 1.54) is 11.1 Å². The van der Waals surface area contributed by atoms with Crippen LogP contribution in [0.15, 0.2) is 18.2 Å². The molecule has 2 unspecified atom stereocenters. The van der Waals surface area contributed by atoms with Crippen LogP contribution in [-0.2, 0) is 6.54 Å². The van der Waals surface area contributed by atoms with Crippen molar-refractivity contribution in [2.75, 3.05) is 0 Å². The molecule has 1 aliphatic heterocycles. The van der Waals surface area contributed by atoms with Crippen LogP contribution in [0.2, 0.25) is 0 Å². The summed E-state index contributed by atoms with van der Waals surface area (Å²) in [6, 6.07) is 7.21. The zero-order valence-corrected chi connectivity index (χ0v) is 8.59. The van der Waals surface area contributed by atoms with Crippen LogP contribution >= 0.6 is 0 Å². The predicted molar refractivity (Wildman–Crippen MR) is 55.9 cm³/mol. The molecule has 1 aromatic rings. The standard InChI is InChI=1S/C12H17N/c1-8-5-4-6-11-7-13-10(3)9(2)12(8)11/h4-6,9-10,13H,7H2,1-3H3. The lowest BCUT2D eigenvalue weighted by atomic mass is 9.84. The molecule has 0 bridgehead atoms. The highest BCUT2D eigenvalue weighted by molar-refractivity contribution is 5.39. The number of hydrogen-bond acceptors (Lipinski definition) is 1. The topological polar surface area (TPSA) is 12.0 Å². The van der Waals surface area contributed by atoms with E-state index in [1.807, 2.05) is 0 Å². The summed E-state index contributed by atoms with van der Waals surface area (Å²) >= 11 is 0. The van der Waals surface area contributed by atoms with Gasteiger partial charge in [0.25, 0.3) is 0 Å². The van der Waals surface area contributed by atoms with E-state index in [1.54, 1.807) is 5.56 Å². The van der Waals surface area contributed by atoms with Gasteiger partial charge in [0.2, 0.25) is 0 Å². The number of benzene rings is 1. The maximum atomic E-state index is 3.52. The molecular formula is C12H17N. The Morgan fingerprint density at radius 1 is 1.31 bits per heavy atom. The van der Waals surface area contributed by atoms with Crippen molar-refractivity contribution in [1.82, 2.24) is 5.32 Å². The lowest BCUT2D eigenvalue weighted by molar-refractivity contribution is 0.447. The fourth-order valence-electron chi connectivity index (χ4n) is 2.24. The SMILES string of the molecule is Cc1cccc2c1C(C)C(C)NC2. The molecule has 0 spiro atoms. The van der Waals surface area contributed by atoms with Crippen molar-refractivity contribution < 1.29 is 0 Å². The highest BCUT2D eigenvalue weighted by Gasteiger charge is 2.22. The normalized spacial score (nSPS) is 27.0. The summed E-state index contributed by atoms with van der Waals surface area (Å²) in [6.07, 6.45) is 0. The first-order valence-corrected chi connectivity index (χ1v) is 5.02. The molecule has 1 heterocycles. The van der Waals surface area contributed by atoms with E-state index in [-0.39, 0.29) is 0 Å². The fourth-order valence-corrected chi connectivity index (χ4v) is 2.24. The molecule has 0 fully saturated rings. The number of aryl methyl sites for hydroxylation is 1. The molecule has 0 aromatic heterocycles. The van der Waals surface area contributed by atoms with Gasteiger partial charge in [0.05, 0.1) is 0 Å². The third-order valence-corrected chi connectivity index (χ3v) is 3.23. The zero-order valence-electron chi connectivity index (χ0n) is 8.59. The first-order valence-electron chi connectivity index (χ1n) is 5.02. The molecule has 0 radical (unpaired) electrons. The van der Waals surface area contributed by atoms with Crippen LogP contribution in [0.1, 0.15) is 36.5 Å². The molecular weight excluding hydrogens is 158 g/mol. The van der Waals surface area contributed by atoms with Gasteiger partial charge in [0.15, 0.2) is 0 Å². The predicted octanol–water partition coefficient (Wildman–Crippen LogP) is 2.59. The van der Waals surface area contributed by atoms with Crippen LogP contribution in [0.5, 0.6) is 0 Å². The van der Waals surface area contributed by atoms with Crippen LogP contribution in [-0.4, -0.2) is 6.04 Å². The summed E-state index contributed by atoms with van der Waals surface area (Å²) in [5.74, 6) is 0.643. The molecule has 70 valence electrons. The Labute approximate surface area is 80.2 Å². The second kappa shape index (κ2) is 3.15. The number of rotatable bonds is 0. The Hall–Kier alpha value is -0.820. The monoisotopic (exact) mass is 175 g/mol. The van der Waals surface area contributed by atoms with E-state index in [9.17, 15) is 0 Å². The molecule has 1 aromatic carbocycles. The fraction of sp³-hybridized carbons (Fsp3) is 0.500. The van der Waals surface area contributed by atoms with Crippen LogP contribution in [0.25, 0.3) is 0 Å². The first-order chi connectivity index (χ1) is 6.20. The second-order valence-electron chi connectivity index (χ2n) is 4.11. The van der Waals surface area contributed by atoms with Gasteiger partial charge in [-0.3, -0.25) is 0 Å². The summed E-state index contributed by atoms with van der Waals surface area (Å²) < 4.78 is 0. The molecule has 1 heteroatoms. The smallest absolute Gasteiger partial charge is 0.0211 e. The van der Waals surface area contributed by atoms with E-state index in [0.29, 0.717) is 12.0 Å². The Balaban J connectivity index is 2.51. The minimum Gasteiger partial charge on any atom is -0.310 e. The van der Waals surface area contributed by atoms with Crippen molar-refractivity contribution in [3.8, 4) is 0 Å². The van der Waals surface area contributed by atoms with E-state index < -0.39 is 0 Å². The molecule has 2 atom stereocenters. The van der Waals surface area contributed by atoms with Crippen molar-refractivity contribution in [1.29, 1.82) is 0 Å². The van der Waals surface area contributed by atoms with E-state index in [0.717, 1.165) is 6.54 Å². The van der Waals surface area contributed by atoms with Crippen LogP contribution in [0, 0.1) is 6.92 Å². The van der Waals surface area contributed by atoms with Gasteiger partial charge in [0.1, 0.15) is 0 Å². The zero-order chi connectivity index (χ0) is 9.42. The summed E-state index contributed by atoms with van der Waals surface area (Å²) in [5, 5.41) is 3.52. The molecule has 1 nitrogen and oxygen atoms in total. The van der Waals surface area contributed by atoms with Gasteiger partial charge in [0, 0.05) is 12.6 Å². The maximum Gasteiger partial charge on any atom is 0.0211 e. The molecule has 0 saturated heterocycles. The third kappa shape index (κ3) is 1.37. The van der Waals surface area contributed by atoms with Crippen molar-refractivity contribution in [2.24, 2.45) is 0 Å². The average Bonchev–Trinajstić information content (AvgIpc) is 2.12. The average molecular weight is 175 g/mol. The number of nitrogens with one attached hydrogen (secondary N) is 1. The van der Waals surface area contributed by atoms with Crippen molar-refractivity contribution in [2.45, 2.75) is 39.3 Å². The summed E-state index contributed by atoms with van der Waals surface area (Å²) in [6.45, 7) is 7.82. The van der Waals surface area contributed by atoms with Crippen LogP contribution in [0.4, 0.5) is 0 Å². The van der Waals surface area contributed by atoms with Gasteiger partial charge in [-0.05, 0) is 36.5 Å². The molecule has 0 saturated carbocycles. The van der Waals surface area contributed by atoms with E-state index in [4.69, 9.17) is 0 Å². The Morgan fingerprint density at radius 2 is 2.08 bits per heavy atom. The molecule has 2 rings (SSSR count). The van der Waals surface area contributed by atoms with Gasteiger partial charge in [-0.1, -0.05) is 25.1 Å². The molecule has 1 N–H and O–H groups in total. The largest absolute Gasteiger partial charge is 0.310 e. The van der Waals surface area contributed by atoms with E-state index in [2.05, 4.69) is 44.3 Å². The Morgan fingerprint density at radius 3 is 2.85 bits per heavy atom. The van der Waals surface area contributed by atoms with Crippen molar-refractivity contribution in [3.05, 3.63) is 34.9 Å². The minimum absolute atomic E-state index is 0.605. The van der Waals surface area contributed by atoms with Crippen molar-refractivity contribution >= 4 is 0 Å². The number of fused-ring (bicyclic) bond motifs is 1. The summed E-state index contributed by atoms with van der Waals surface area (Å²) in [5.41, 5.74) is 4.48. The number of hydrogen-bond donors (Lipinski definition) is 1. The third-order valence-electron chi connectivity index (χ3n) is 3.23. The molecule has 0 amide bonds. The van der Waals surface area contributed by atoms with Crippen molar-refractivity contribution in [3.63, 3.8) is 0 Å². The Kier molecular flexibility index (Phi) is 2.12. The lowest BCUT2D eigenvalue weighted by Crippen LogP contribution is -2.36. The van der Waals surface area contributed by atoms with Gasteiger partial charge < -0.3 is 5.32 Å². The summed E-state index contributed by atoms with van der Waals surface area (Å²) in [7, 11) is 0.